The Bertz CT molecular complexity index is 1030. The van der Waals surface area contributed by atoms with E-state index in [0.29, 0.717) is 6.01 Å². The second-order valence-corrected chi connectivity index (χ2v) is 6.53. The van der Waals surface area contributed by atoms with Crippen LogP contribution in [0.2, 0.25) is 0 Å². The molecule has 0 saturated carbocycles. The predicted octanol–water partition coefficient (Wildman–Crippen LogP) is 2.44. The van der Waals surface area contributed by atoms with Gasteiger partial charge in [0.2, 0.25) is 0 Å². The molecule has 8 heteroatoms. The zero-order valence-electron chi connectivity index (χ0n) is 15.0. The van der Waals surface area contributed by atoms with Gasteiger partial charge in [0.1, 0.15) is 11.3 Å². The van der Waals surface area contributed by atoms with Gasteiger partial charge in [0.05, 0.1) is 0 Å². The molecule has 1 saturated heterocycles. The summed E-state index contributed by atoms with van der Waals surface area (Å²) in [6.07, 6.45) is 3.65. The summed E-state index contributed by atoms with van der Waals surface area (Å²) < 4.78 is 7.79. The monoisotopic (exact) mass is 361 g/mol. The van der Waals surface area contributed by atoms with Gasteiger partial charge in [-0.15, -0.1) is 10.2 Å². The minimum absolute atomic E-state index is 0.688. The van der Waals surface area contributed by atoms with Gasteiger partial charge < -0.3 is 14.2 Å². The third-order valence-electron chi connectivity index (χ3n) is 4.87. The Morgan fingerprint density at radius 2 is 1.63 bits per heavy atom. The molecule has 1 aliphatic rings. The average molecular weight is 361 g/mol. The van der Waals surface area contributed by atoms with E-state index in [4.69, 9.17) is 4.42 Å². The minimum atomic E-state index is 0.688. The lowest BCUT2D eigenvalue weighted by Crippen LogP contribution is -2.47. The number of nitrogens with zero attached hydrogens (tertiary/aromatic N) is 7. The number of hydrogen-bond donors (Lipinski definition) is 0. The molecule has 1 aliphatic heterocycles. The quantitative estimate of drug-likeness (QED) is 0.555. The molecular formula is C19H19N7O. The molecule has 0 atom stereocenters. The van der Waals surface area contributed by atoms with Crippen LogP contribution in [0.25, 0.3) is 16.9 Å². The summed E-state index contributed by atoms with van der Waals surface area (Å²) in [5.41, 5.74) is 1.72. The highest BCUT2D eigenvalue weighted by Gasteiger charge is 2.22. The lowest BCUT2D eigenvalue weighted by molar-refractivity contribution is 0.540. The number of imidazole rings is 1. The highest BCUT2D eigenvalue weighted by atomic mass is 16.4. The molecule has 0 unspecified atom stereocenters. The van der Waals surface area contributed by atoms with Crippen molar-refractivity contribution in [3.8, 4) is 5.82 Å². The first kappa shape index (κ1) is 15.8. The van der Waals surface area contributed by atoms with Crippen molar-refractivity contribution in [3.63, 3.8) is 0 Å². The first-order valence-electron chi connectivity index (χ1n) is 8.97. The molecule has 0 N–H and O–H groups in total. The molecule has 27 heavy (non-hydrogen) atoms. The van der Waals surface area contributed by atoms with Crippen molar-refractivity contribution in [1.29, 1.82) is 0 Å². The van der Waals surface area contributed by atoms with E-state index in [9.17, 15) is 0 Å². The molecule has 0 radical (unpaired) electrons. The van der Waals surface area contributed by atoms with Crippen LogP contribution in [0.4, 0.5) is 11.8 Å². The van der Waals surface area contributed by atoms with Crippen LogP contribution < -0.4 is 9.80 Å². The average Bonchev–Trinajstić information content (AvgIpc) is 3.34. The third kappa shape index (κ3) is 2.88. The van der Waals surface area contributed by atoms with Crippen LogP contribution in [0.3, 0.4) is 0 Å². The van der Waals surface area contributed by atoms with E-state index >= 15 is 0 Å². The summed E-state index contributed by atoms with van der Waals surface area (Å²) in [5.74, 6) is 2.55. The van der Waals surface area contributed by atoms with Crippen molar-refractivity contribution in [1.82, 2.24) is 24.7 Å². The van der Waals surface area contributed by atoms with Crippen molar-refractivity contribution >= 4 is 22.9 Å². The fraction of sp³-hybridized carbons (Fsp3) is 0.263. The maximum atomic E-state index is 5.88. The third-order valence-corrected chi connectivity index (χ3v) is 4.87. The normalized spacial score (nSPS) is 14.9. The lowest BCUT2D eigenvalue weighted by atomic mass is 10.3. The number of hydrogen-bond acceptors (Lipinski definition) is 7. The fourth-order valence-corrected chi connectivity index (χ4v) is 3.36. The second kappa shape index (κ2) is 6.39. The molecule has 5 rings (SSSR count). The van der Waals surface area contributed by atoms with Crippen molar-refractivity contribution in [2.75, 3.05) is 36.0 Å². The number of piperazine rings is 1. The standard InChI is InChI=1S/C19H19N7O/c1-14-20-8-9-26(14)18-7-6-17(22-23-18)24-10-12-25(13-11-24)19-21-15-4-2-3-5-16(15)27-19/h2-9H,10-13H2,1H3. The van der Waals surface area contributed by atoms with Gasteiger partial charge >= 0.3 is 0 Å². The van der Waals surface area contributed by atoms with E-state index < -0.39 is 0 Å². The molecule has 1 aromatic carbocycles. The number of oxazole rings is 1. The van der Waals surface area contributed by atoms with Crippen LogP contribution in [-0.2, 0) is 0 Å². The molecule has 0 spiro atoms. The summed E-state index contributed by atoms with van der Waals surface area (Å²) in [6.45, 7) is 5.29. The number of anilines is 2. The highest BCUT2D eigenvalue weighted by Crippen LogP contribution is 2.23. The molecule has 136 valence electrons. The van der Waals surface area contributed by atoms with Crippen LogP contribution in [0.15, 0.2) is 53.2 Å². The summed E-state index contributed by atoms with van der Waals surface area (Å²) in [7, 11) is 0. The van der Waals surface area contributed by atoms with Gasteiger partial charge in [0.15, 0.2) is 17.2 Å². The number of aryl methyl sites for hydroxylation is 1. The molecular weight excluding hydrogens is 342 g/mol. The molecule has 0 amide bonds. The second-order valence-electron chi connectivity index (χ2n) is 6.53. The Hall–Kier alpha value is -3.42. The van der Waals surface area contributed by atoms with Gasteiger partial charge in [0.25, 0.3) is 6.01 Å². The number of para-hydroxylation sites is 2. The van der Waals surface area contributed by atoms with Crippen LogP contribution >= 0.6 is 0 Å². The zero-order valence-corrected chi connectivity index (χ0v) is 15.0. The number of fused-ring (bicyclic) bond motifs is 1. The largest absolute Gasteiger partial charge is 0.423 e. The van der Waals surface area contributed by atoms with E-state index in [1.54, 1.807) is 6.20 Å². The number of rotatable bonds is 3. The Morgan fingerprint density at radius 3 is 2.33 bits per heavy atom. The maximum absolute atomic E-state index is 5.88. The molecule has 0 aliphatic carbocycles. The lowest BCUT2D eigenvalue weighted by Gasteiger charge is -2.34. The predicted molar refractivity (Wildman–Crippen MR) is 102 cm³/mol. The van der Waals surface area contributed by atoms with Gasteiger partial charge in [-0.25, -0.2) is 4.98 Å². The van der Waals surface area contributed by atoms with Crippen molar-refractivity contribution in [2.45, 2.75) is 6.92 Å². The van der Waals surface area contributed by atoms with E-state index in [1.165, 1.54) is 0 Å². The molecule has 1 fully saturated rings. The smallest absolute Gasteiger partial charge is 0.298 e. The highest BCUT2D eigenvalue weighted by molar-refractivity contribution is 5.74. The maximum Gasteiger partial charge on any atom is 0.298 e. The fourth-order valence-electron chi connectivity index (χ4n) is 3.36. The summed E-state index contributed by atoms with van der Waals surface area (Å²) in [5, 5.41) is 8.75. The first-order chi connectivity index (χ1) is 13.3. The van der Waals surface area contributed by atoms with Crippen LogP contribution in [-0.4, -0.2) is 50.9 Å². The van der Waals surface area contributed by atoms with Gasteiger partial charge in [-0.3, -0.25) is 4.57 Å². The van der Waals surface area contributed by atoms with Gasteiger partial charge in [-0.1, -0.05) is 12.1 Å². The molecule has 8 nitrogen and oxygen atoms in total. The molecule has 4 heterocycles. The topological polar surface area (TPSA) is 76.1 Å². The summed E-state index contributed by atoms with van der Waals surface area (Å²) >= 11 is 0. The molecule has 4 aromatic rings. The number of aromatic nitrogens is 5. The SMILES string of the molecule is Cc1nccn1-c1ccc(N2CCN(c3nc4ccccc4o3)CC2)nn1. The summed E-state index contributed by atoms with van der Waals surface area (Å²) in [4.78, 5) is 13.2. The van der Waals surface area contributed by atoms with Crippen LogP contribution in [0, 0.1) is 6.92 Å². The Kier molecular flexibility index (Phi) is 3.74. The zero-order chi connectivity index (χ0) is 18.2. The van der Waals surface area contributed by atoms with E-state index in [0.717, 1.165) is 54.7 Å². The van der Waals surface area contributed by atoms with Crippen LogP contribution in [0.5, 0.6) is 0 Å². The first-order valence-corrected chi connectivity index (χ1v) is 8.97. The Labute approximate surface area is 156 Å². The van der Waals surface area contributed by atoms with E-state index in [1.807, 2.05) is 54.1 Å². The molecule has 3 aromatic heterocycles. The Morgan fingerprint density at radius 1 is 0.889 bits per heavy atom. The Balaban J connectivity index is 1.28. The van der Waals surface area contributed by atoms with Crippen molar-refractivity contribution in [2.24, 2.45) is 0 Å². The van der Waals surface area contributed by atoms with Crippen molar-refractivity contribution in [3.05, 3.63) is 54.6 Å². The van der Waals surface area contributed by atoms with Gasteiger partial charge in [-0.05, 0) is 31.2 Å². The van der Waals surface area contributed by atoms with Crippen LogP contribution in [0.1, 0.15) is 5.82 Å². The van der Waals surface area contributed by atoms with Gasteiger partial charge in [-0.2, -0.15) is 4.98 Å². The molecule has 0 bridgehead atoms. The van der Waals surface area contributed by atoms with E-state index in [2.05, 4.69) is 30.0 Å². The minimum Gasteiger partial charge on any atom is -0.423 e. The number of benzene rings is 1. The van der Waals surface area contributed by atoms with E-state index in [-0.39, 0.29) is 0 Å². The van der Waals surface area contributed by atoms with Crippen molar-refractivity contribution < 1.29 is 4.42 Å². The van der Waals surface area contributed by atoms with Gasteiger partial charge in [0, 0.05) is 38.6 Å². The summed E-state index contributed by atoms with van der Waals surface area (Å²) in [6, 6.07) is 12.5.